The molecule has 0 unspecified atom stereocenters. The van der Waals surface area contributed by atoms with Gasteiger partial charge in [0.25, 0.3) is 5.91 Å². The van der Waals surface area contributed by atoms with Gasteiger partial charge in [-0.3, -0.25) is 9.20 Å². The second kappa shape index (κ2) is 6.16. The van der Waals surface area contributed by atoms with E-state index in [4.69, 9.17) is 0 Å². The molecule has 0 saturated carbocycles. The monoisotopic (exact) mass is 371 g/mol. The van der Waals surface area contributed by atoms with Crippen LogP contribution in [0.3, 0.4) is 0 Å². The molecule has 5 heteroatoms. The molecule has 3 aromatic rings. The van der Waals surface area contributed by atoms with E-state index >= 15 is 0 Å². The number of amides is 1. The van der Waals surface area contributed by atoms with Crippen molar-refractivity contribution in [3.05, 3.63) is 63.5 Å². The fourth-order valence-electron chi connectivity index (χ4n) is 2.68. The van der Waals surface area contributed by atoms with Crippen LogP contribution < -0.4 is 5.32 Å². The number of hydrogen-bond acceptors (Lipinski definition) is 2. The van der Waals surface area contributed by atoms with Crippen LogP contribution in [0.4, 0.5) is 5.69 Å². The number of hydrogen-bond donors (Lipinski definition) is 1. The summed E-state index contributed by atoms with van der Waals surface area (Å²) in [5.41, 5.74) is 5.11. The Hall–Kier alpha value is -2.14. The minimum Gasteiger partial charge on any atom is -0.321 e. The van der Waals surface area contributed by atoms with Crippen molar-refractivity contribution in [1.29, 1.82) is 0 Å². The maximum Gasteiger partial charge on any atom is 0.274 e. The van der Waals surface area contributed by atoms with Crippen molar-refractivity contribution in [2.45, 2.75) is 27.2 Å². The molecule has 0 aliphatic rings. The normalized spacial score (nSPS) is 11.0. The topological polar surface area (TPSA) is 46.4 Å². The fraction of sp³-hybridized carbons (Fsp3) is 0.222. The first kappa shape index (κ1) is 15.7. The fourth-order valence-corrected chi connectivity index (χ4v) is 3.32. The molecule has 118 valence electrons. The molecule has 3 rings (SSSR count). The molecular weight excluding hydrogens is 354 g/mol. The van der Waals surface area contributed by atoms with E-state index < -0.39 is 0 Å². The highest BCUT2D eigenvalue weighted by Gasteiger charge is 2.20. The minimum absolute atomic E-state index is 0.141. The van der Waals surface area contributed by atoms with Crippen molar-refractivity contribution >= 4 is 33.2 Å². The van der Waals surface area contributed by atoms with Crippen LogP contribution in [0.25, 0.3) is 5.65 Å². The van der Waals surface area contributed by atoms with Crippen LogP contribution in [0.5, 0.6) is 0 Å². The number of carbonyl (C=O) groups is 1. The lowest BCUT2D eigenvalue weighted by Gasteiger charge is -2.08. The summed E-state index contributed by atoms with van der Waals surface area (Å²) in [6.45, 7) is 6.01. The summed E-state index contributed by atoms with van der Waals surface area (Å²) in [6, 6.07) is 9.78. The van der Waals surface area contributed by atoms with Crippen molar-refractivity contribution in [2.24, 2.45) is 0 Å². The van der Waals surface area contributed by atoms with Crippen molar-refractivity contribution in [1.82, 2.24) is 9.38 Å². The molecule has 0 spiro atoms. The average Bonchev–Trinajstić information content (AvgIpc) is 2.86. The second-order valence-electron chi connectivity index (χ2n) is 5.64. The number of nitrogens with zero attached hydrogens (tertiary/aromatic N) is 2. The number of aromatic nitrogens is 2. The first-order chi connectivity index (χ1) is 11.0. The van der Waals surface area contributed by atoms with Crippen LogP contribution in [0.15, 0.2) is 41.0 Å². The first-order valence-electron chi connectivity index (χ1n) is 7.54. The number of anilines is 1. The SMILES string of the molecule is CCc1nc2c(Br)cc(C)cn2c1C(=O)Nc1cccc(C)c1. The summed E-state index contributed by atoms with van der Waals surface area (Å²) in [7, 11) is 0. The van der Waals surface area contributed by atoms with E-state index in [0.717, 1.165) is 32.6 Å². The maximum absolute atomic E-state index is 12.8. The Bertz CT molecular complexity index is 899. The minimum atomic E-state index is -0.141. The standard InChI is InChI=1S/C18H18BrN3O/c1-4-15-16(18(23)20-13-7-5-6-11(2)8-13)22-10-12(3)9-14(19)17(22)21-15/h5-10H,4H2,1-3H3,(H,20,23). The van der Waals surface area contributed by atoms with E-state index in [1.54, 1.807) is 0 Å². The quantitative estimate of drug-likeness (QED) is 0.734. The number of benzene rings is 1. The van der Waals surface area contributed by atoms with Crippen molar-refractivity contribution < 1.29 is 4.79 Å². The van der Waals surface area contributed by atoms with Gasteiger partial charge in [0.05, 0.1) is 10.2 Å². The Morgan fingerprint density at radius 2 is 2.04 bits per heavy atom. The Morgan fingerprint density at radius 3 is 2.74 bits per heavy atom. The zero-order valence-corrected chi connectivity index (χ0v) is 14.9. The maximum atomic E-state index is 12.8. The lowest BCUT2D eigenvalue weighted by molar-refractivity contribution is 0.102. The van der Waals surface area contributed by atoms with Gasteiger partial charge in [-0.25, -0.2) is 4.98 Å². The van der Waals surface area contributed by atoms with E-state index in [0.29, 0.717) is 12.1 Å². The third-order valence-corrected chi connectivity index (χ3v) is 4.29. The van der Waals surface area contributed by atoms with Gasteiger partial charge in [0.1, 0.15) is 5.69 Å². The predicted octanol–water partition coefficient (Wildman–Crippen LogP) is 4.53. The van der Waals surface area contributed by atoms with E-state index in [1.807, 2.05) is 61.7 Å². The third-order valence-electron chi connectivity index (χ3n) is 3.71. The molecule has 0 radical (unpaired) electrons. The molecule has 0 aliphatic heterocycles. The van der Waals surface area contributed by atoms with Crippen LogP contribution in [0.2, 0.25) is 0 Å². The Labute approximate surface area is 143 Å². The van der Waals surface area contributed by atoms with Crippen LogP contribution in [-0.2, 0) is 6.42 Å². The summed E-state index contributed by atoms with van der Waals surface area (Å²) in [6.07, 6.45) is 2.64. The molecule has 0 atom stereocenters. The van der Waals surface area contributed by atoms with Gasteiger partial charge >= 0.3 is 0 Å². The van der Waals surface area contributed by atoms with Crippen LogP contribution in [0, 0.1) is 13.8 Å². The zero-order valence-electron chi connectivity index (χ0n) is 13.4. The van der Waals surface area contributed by atoms with Gasteiger partial charge in [0.15, 0.2) is 5.65 Å². The largest absolute Gasteiger partial charge is 0.321 e. The van der Waals surface area contributed by atoms with Crippen LogP contribution in [0.1, 0.15) is 34.2 Å². The molecule has 2 aromatic heterocycles. The highest BCUT2D eigenvalue weighted by atomic mass is 79.9. The number of halogens is 1. The lowest BCUT2D eigenvalue weighted by atomic mass is 10.2. The molecule has 4 nitrogen and oxygen atoms in total. The van der Waals surface area contributed by atoms with E-state index in [1.165, 1.54) is 0 Å². The third kappa shape index (κ3) is 3.01. The lowest BCUT2D eigenvalue weighted by Crippen LogP contribution is -2.16. The number of aryl methyl sites for hydroxylation is 3. The number of carbonyl (C=O) groups excluding carboxylic acids is 1. The smallest absolute Gasteiger partial charge is 0.274 e. The van der Waals surface area contributed by atoms with Crippen LogP contribution in [-0.4, -0.2) is 15.3 Å². The predicted molar refractivity (Wildman–Crippen MR) is 96.1 cm³/mol. The summed E-state index contributed by atoms with van der Waals surface area (Å²) >= 11 is 3.53. The number of nitrogens with one attached hydrogen (secondary N) is 1. The molecule has 0 bridgehead atoms. The molecule has 0 fully saturated rings. The number of pyridine rings is 1. The van der Waals surface area contributed by atoms with Gasteiger partial charge in [0, 0.05) is 11.9 Å². The summed E-state index contributed by atoms with van der Waals surface area (Å²) in [4.78, 5) is 17.4. The van der Waals surface area contributed by atoms with Crippen molar-refractivity contribution in [3.63, 3.8) is 0 Å². The number of rotatable bonds is 3. The van der Waals surface area contributed by atoms with Gasteiger partial charge < -0.3 is 5.32 Å². The highest BCUT2D eigenvalue weighted by Crippen LogP contribution is 2.24. The van der Waals surface area contributed by atoms with Gasteiger partial charge in [-0.15, -0.1) is 0 Å². The molecule has 1 N–H and O–H groups in total. The Balaban J connectivity index is 2.09. The number of imidazole rings is 1. The molecular formula is C18H18BrN3O. The molecule has 1 aromatic carbocycles. The number of fused-ring (bicyclic) bond motifs is 1. The highest BCUT2D eigenvalue weighted by molar-refractivity contribution is 9.10. The van der Waals surface area contributed by atoms with Crippen molar-refractivity contribution in [2.75, 3.05) is 5.32 Å². The van der Waals surface area contributed by atoms with Gasteiger partial charge in [-0.05, 0) is 65.5 Å². The Morgan fingerprint density at radius 1 is 1.26 bits per heavy atom. The molecule has 0 saturated heterocycles. The summed E-state index contributed by atoms with van der Waals surface area (Å²) in [5, 5.41) is 2.98. The van der Waals surface area contributed by atoms with Gasteiger partial charge in [-0.2, -0.15) is 0 Å². The molecule has 2 heterocycles. The average molecular weight is 372 g/mol. The van der Waals surface area contributed by atoms with E-state index in [-0.39, 0.29) is 5.91 Å². The first-order valence-corrected chi connectivity index (χ1v) is 8.34. The molecule has 0 aliphatic carbocycles. The summed E-state index contributed by atoms with van der Waals surface area (Å²) in [5.74, 6) is -0.141. The van der Waals surface area contributed by atoms with E-state index in [9.17, 15) is 4.79 Å². The van der Waals surface area contributed by atoms with Gasteiger partial charge in [0.2, 0.25) is 0 Å². The van der Waals surface area contributed by atoms with Crippen LogP contribution >= 0.6 is 15.9 Å². The van der Waals surface area contributed by atoms with Gasteiger partial charge in [-0.1, -0.05) is 19.1 Å². The summed E-state index contributed by atoms with van der Waals surface area (Å²) < 4.78 is 2.76. The van der Waals surface area contributed by atoms with Crippen molar-refractivity contribution in [3.8, 4) is 0 Å². The van der Waals surface area contributed by atoms with E-state index in [2.05, 4.69) is 26.2 Å². The zero-order chi connectivity index (χ0) is 16.6. The second-order valence-corrected chi connectivity index (χ2v) is 6.50. The Kier molecular flexibility index (Phi) is 4.22. The molecule has 1 amide bonds. The molecule has 23 heavy (non-hydrogen) atoms.